The van der Waals surface area contributed by atoms with Crippen molar-refractivity contribution in [1.29, 1.82) is 0 Å². The summed E-state index contributed by atoms with van der Waals surface area (Å²) in [5, 5.41) is 0. The molecule has 0 amide bonds. The van der Waals surface area contributed by atoms with Crippen molar-refractivity contribution in [2.24, 2.45) is 0 Å². The van der Waals surface area contributed by atoms with E-state index in [1.165, 1.54) is 0 Å². The quantitative estimate of drug-likeness (QED) is 0.245. The molecule has 10 N–H and O–H groups in total. The van der Waals surface area contributed by atoms with Gasteiger partial charge in [-0.05, 0) is 0 Å². The summed E-state index contributed by atoms with van der Waals surface area (Å²) in [6, 6.07) is 0. The van der Waals surface area contributed by atoms with Gasteiger partial charge in [-0.25, -0.2) is 0 Å². The second-order valence-corrected chi connectivity index (χ2v) is 2.94. The maximum absolute atomic E-state index is 8.77. The largest absolute Gasteiger partial charge is 1.00 e. The summed E-state index contributed by atoms with van der Waals surface area (Å²) >= 11 is 0. The molecule has 0 saturated heterocycles. The fourth-order valence-corrected chi connectivity index (χ4v) is 0. The first-order chi connectivity index (χ1) is 4.00. The van der Waals surface area contributed by atoms with Gasteiger partial charge in [0.1, 0.15) is 0 Å². The Hall–Kier alpha value is 2.10. The summed E-state index contributed by atoms with van der Waals surface area (Å²) in [5.74, 6) is 0. The third-order valence-corrected chi connectivity index (χ3v) is 0. The molecule has 15 heteroatoms. The van der Waals surface area contributed by atoms with Crippen molar-refractivity contribution in [3.63, 3.8) is 0 Å². The molecule has 0 radical (unpaired) electrons. The van der Waals surface area contributed by atoms with E-state index < -0.39 is 15.6 Å². The van der Waals surface area contributed by atoms with Crippen LogP contribution in [0.5, 0.6) is 0 Å². The Morgan fingerprint density at radius 3 is 0.667 bits per heavy atom. The van der Waals surface area contributed by atoms with Crippen LogP contribution < -0.4 is 68.9 Å². The molecule has 0 rings (SSSR count). The smallest absolute Gasteiger partial charge is 0.756 e. The van der Waals surface area contributed by atoms with Gasteiger partial charge in [0.05, 0.1) is 0 Å². The molecule has 0 atom stereocenters. The molecule has 0 fully saturated rings. The van der Waals surface area contributed by atoms with Gasteiger partial charge in [-0.3, -0.25) is 9.13 Å². The van der Waals surface area contributed by atoms with E-state index in [9.17, 15) is 0 Å². The Bertz CT molecular complexity index is 129. The Morgan fingerprint density at radius 2 is 0.667 bits per heavy atom. The second-order valence-electron chi connectivity index (χ2n) is 0.981. The molecular formula is H10Na2O11P2. The summed E-state index contributed by atoms with van der Waals surface area (Å²) in [6.07, 6.45) is 0. The van der Waals surface area contributed by atoms with Crippen LogP contribution in [0.2, 0.25) is 0 Å². The van der Waals surface area contributed by atoms with E-state index in [0.717, 1.165) is 0 Å². The van der Waals surface area contributed by atoms with E-state index >= 15 is 0 Å². The van der Waals surface area contributed by atoms with Crippen LogP contribution in [0.4, 0.5) is 0 Å². The zero-order chi connectivity index (χ0) is 9.00. The van der Waals surface area contributed by atoms with Crippen LogP contribution in [0.15, 0.2) is 0 Å². The van der Waals surface area contributed by atoms with Crippen LogP contribution in [-0.2, 0) is 9.13 Å². The minimum absolute atomic E-state index is 0. The van der Waals surface area contributed by atoms with Crippen molar-refractivity contribution in [2.75, 3.05) is 0 Å². The number of hydrogen-bond donors (Lipinski definition) is 4. The number of phosphoric acid groups is 2. The minimum atomic E-state index is -4.89. The zero-order valence-electron chi connectivity index (χ0n) is 7.82. The van der Waals surface area contributed by atoms with E-state index in [1.54, 1.807) is 0 Å². The molecule has 0 aromatic heterocycles. The molecule has 15 heavy (non-hydrogen) atoms. The first-order valence-electron chi connectivity index (χ1n) is 1.53. The standard InChI is InChI=1S/2Na.2H3O4P.3H2O/c;;2*1-5(2,3)4;;;/h;;2*(H3,1,2,3,4);3*1H2/q2*+1;;;;;/p-2. The van der Waals surface area contributed by atoms with Crippen molar-refractivity contribution in [3.05, 3.63) is 0 Å². The van der Waals surface area contributed by atoms with Gasteiger partial charge >= 0.3 is 59.1 Å². The summed E-state index contributed by atoms with van der Waals surface area (Å²) in [5.41, 5.74) is 0. The predicted octanol–water partition coefficient (Wildman–Crippen LogP) is -11.6. The number of rotatable bonds is 0. The molecule has 0 aliphatic carbocycles. The molecule has 11 nitrogen and oxygen atoms in total. The van der Waals surface area contributed by atoms with Crippen LogP contribution >= 0.6 is 15.6 Å². The molecule has 0 aromatic carbocycles. The Balaban J connectivity index is -0.0000000128. The maximum Gasteiger partial charge on any atom is 1.00 e. The van der Waals surface area contributed by atoms with E-state index in [1.807, 2.05) is 0 Å². The van der Waals surface area contributed by atoms with E-state index in [0.29, 0.717) is 0 Å². The molecular weight excluding hydrogens is 284 g/mol. The summed E-state index contributed by atoms with van der Waals surface area (Å²) in [7, 11) is -9.78. The Kier molecular flexibility index (Phi) is 53.5. The third kappa shape index (κ3) is 726. The summed E-state index contributed by atoms with van der Waals surface area (Å²) in [4.78, 5) is 45.8. The minimum Gasteiger partial charge on any atom is -0.756 e. The zero-order valence-corrected chi connectivity index (χ0v) is 13.6. The van der Waals surface area contributed by atoms with Crippen LogP contribution in [0.3, 0.4) is 0 Å². The van der Waals surface area contributed by atoms with Gasteiger partial charge in [0, 0.05) is 0 Å². The van der Waals surface area contributed by atoms with Crippen molar-refractivity contribution in [2.45, 2.75) is 0 Å². The number of hydrogen-bond acceptors (Lipinski definition) is 4. The van der Waals surface area contributed by atoms with Crippen LogP contribution in [-0.4, -0.2) is 36.0 Å². The van der Waals surface area contributed by atoms with Crippen molar-refractivity contribution in [1.82, 2.24) is 0 Å². The van der Waals surface area contributed by atoms with Crippen molar-refractivity contribution < 1.29 is 114 Å². The first-order valence-corrected chi connectivity index (χ1v) is 4.59. The molecule has 0 aliphatic rings. The maximum atomic E-state index is 8.77. The summed E-state index contributed by atoms with van der Waals surface area (Å²) in [6.45, 7) is 0. The van der Waals surface area contributed by atoms with Gasteiger partial charge in [0.25, 0.3) is 15.6 Å². The van der Waals surface area contributed by atoms with E-state index in [4.69, 9.17) is 38.5 Å². The molecule has 0 bridgehead atoms. The van der Waals surface area contributed by atoms with Crippen LogP contribution in [0.25, 0.3) is 0 Å². The second kappa shape index (κ2) is 18.5. The average Bonchev–Trinajstić information content (AvgIpc) is 1.12. The third-order valence-electron chi connectivity index (χ3n) is 0. The van der Waals surface area contributed by atoms with Crippen LogP contribution in [0.1, 0.15) is 0 Å². The van der Waals surface area contributed by atoms with E-state index in [-0.39, 0.29) is 75.5 Å². The van der Waals surface area contributed by atoms with Gasteiger partial charge in [-0.15, -0.1) is 0 Å². The molecule has 88 valence electrons. The topological polar surface area (TPSA) is 256 Å². The molecule has 0 aliphatic heterocycles. The Labute approximate surface area is 129 Å². The Morgan fingerprint density at radius 1 is 0.667 bits per heavy atom. The predicted molar refractivity (Wildman–Crippen MR) is 34.9 cm³/mol. The molecule has 0 unspecified atom stereocenters. The van der Waals surface area contributed by atoms with Gasteiger partial charge in [-0.2, -0.15) is 0 Å². The van der Waals surface area contributed by atoms with Gasteiger partial charge in [0.15, 0.2) is 0 Å². The fraction of sp³-hybridized carbons (Fsp3) is 0. The fourth-order valence-electron chi connectivity index (χ4n) is 0. The van der Waals surface area contributed by atoms with Gasteiger partial charge < -0.3 is 45.8 Å². The first kappa shape index (κ1) is 43.5. The summed E-state index contributed by atoms with van der Waals surface area (Å²) < 4.78 is 17.5. The van der Waals surface area contributed by atoms with Crippen molar-refractivity contribution >= 4 is 15.6 Å². The van der Waals surface area contributed by atoms with Gasteiger partial charge in [-0.1, -0.05) is 0 Å². The SMILES string of the molecule is O.O.O.O=P([O-])(O)O.O=P([O-])(O)O.[Na+].[Na+]. The molecule has 0 heterocycles. The monoisotopic (exact) mass is 294 g/mol. The molecule has 0 spiro atoms. The van der Waals surface area contributed by atoms with Crippen LogP contribution in [0, 0.1) is 0 Å². The van der Waals surface area contributed by atoms with Gasteiger partial charge in [0.2, 0.25) is 0 Å². The average molecular weight is 294 g/mol. The molecule has 0 saturated carbocycles. The normalized spacial score (nSPS) is 7.87. The molecule has 0 aromatic rings. The van der Waals surface area contributed by atoms with E-state index in [2.05, 4.69) is 0 Å². The van der Waals surface area contributed by atoms with Crippen molar-refractivity contribution in [3.8, 4) is 0 Å².